The monoisotopic (exact) mass is 348 g/mol. The van der Waals surface area contributed by atoms with Crippen LogP contribution in [-0.2, 0) is 4.74 Å². The summed E-state index contributed by atoms with van der Waals surface area (Å²) in [6.45, 7) is 3.11. The molecule has 0 aliphatic carbocycles. The van der Waals surface area contributed by atoms with Crippen LogP contribution in [0.2, 0.25) is 0 Å². The smallest absolute Gasteiger partial charge is 0.349 e. The molecule has 0 radical (unpaired) electrons. The lowest BCUT2D eigenvalue weighted by molar-refractivity contribution is 0.0285. The molecule has 3 aromatic rings. The van der Waals surface area contributed by atoms with E-state index in [4.69, 9.17) is 9.15 Å². The van der Waals surface area contributed by atoms with E-state index >= 15 is 0 Å². The first-order chi connectivity index (χ1) is 11.0. The van der Waals surface area contributed by atoms with Gasteiger partial charge in [-0.1, -0.05) is 6.07 Å². The molecule has 0 aliphatic heterocycles. The fraction of sp³-hybridized carbons (Fsp3) is 0.200. The summed E-state index contributed by atoms with van der Waals surface area (Å²) < 4.78 is 10.8. The van der Waals surface area contributed by atoms with Crippen LogP contribution in [-0.4, -0.2) is 21.9 Å². The van der Waals surface area contributed by atoms with E-state index in [0.29, 0.717) is 15.6 Å². The minimum Gasteiger partial charge on any atom is -0.448 e. The summed E-state index contributed by atoms with van der Waals surface area (Å²) in [5, 5.41) is 9.77. The zero-order valence-corrected chi connectivity index (χ0v) is 13.9. The van der Waals surface area contributed by atoms with Crippen LogP contribution in [0.5, 0.6) is 0 Å². The highest BCUT2D eigenvalue weighted by atomic mass is 32.1. The molecule has 1 atom stereocenters. The molecule has 0 aliphatic rings. The Morgan fingerprint density at radius 1 is 1.22 bits per heavy atom. The first-order valence-corrected chi connectivity index (χ1v) is 8.43. The number of aromatic nitrogens is 2. The molecule has 3 aromatic heterocycles. The van der Waals surface area contributed by atoms with Gasteiger partial charge in [-0.3, -0.25) is 4.79 Å². The lowest BCUT2D eigenvalue weighted by Gasteiger charge is -2.07. The molecule has 3 heterocycles. The number of nitrogens with zero attached hydrogens (tertiary/aromatic N) is 2. The van der Waals surface area contributed by atoms with Crippen molar-refractivity contribution in [2.45, 2.75) is 20.0 Å². The maximum atomic E-state index is 12.1. The van der Waals surface area contributed by atoms with Gasteiger partial charge in [0.25, 0.3) is 11.8 Å². The minimum atomic E-state index is -0.674. The van der Waals surface area contributed by atoms with Crippen LogP contribution < -0.4 is 0 Å². The Morgan fingerprint density at radius 2 is 2.00 bits per heavy atom. The molecule has 0 saturated heterocycles. The molecule has 3 rings (SSSR count). The largest absolute Gasteiger partial charge is 0.448 e. The van der Waals surface area contributed by atoms with E-state index in [1.165, 1.54) is 18.3 Å². The average molecular weight is 348 g/mol. The Labute approximate surface area is 139 Å². The third-order valence-electron chi connectivity index (χ3n) is 2.96. The van der Waals surface area contributed by atoms with Gasteiger partial charge in [0.2, 0.25) is 0 Å². The molecule has 8 heteroatoms. The van der Waals surface area contributed by atoms with E-state index in [1.807, 2.05) is 17.5 Å². The SMILES string of the molecule is CC(=O)c1ccc(C(=O)OC(C)c2nnc(-c3cccs3)o2)s1. The van der Waals surface area contributed by atoms with Crippen LogP contribution in [0.15, 0.2) is 34.1 Å². The van der Waals surface area contributed by atoms with Crippen molar-refractivity contribution in [2.75, 3.05) is 0 Å². The van der Waals surface area contributed by atoms with Crippen molar-refractivity contribution in [2.24, 2.45) is 0 Å². The van der Waals surface area contributed by atoms with Gasteiger partial charge in [0.1, 0.15) is 4.88 Å². The van der Waals surface area contributed by atoms with Crippen molar-refractivity contribution in [3.63, 3.8) is 0 Å². The molecule has 6 nitrogen and oxygen atoms in total. The van der Waals surface area contributed by atoms with E-state index in [2.05, 4.69) is 10.2 Å². The highest BCUT2D eigenvalue weighted by Gasteiger charge is 2.21. The van der Waals surface area contributed by atoms with E-state index in [9.17, 15) is 9.59 Å². The fourth-order valence-electron chi connectivity index (χ4n) is 1.80. The molecule has 0 bridgehead atoms. The summed E-state index contributed by atoms with van der Waals surface area (Å²) in [5.74, 6) is 0.0171. The maximum Gasteiger partial charge on any atom is 0.349 e. The van der Waals surface area contributed by atoms with Gasteiger partial charge >= 0.3 is 5.97 Å². The van der Waals surface area contributed by atoms with Crippen molar-refractivity contribution in [3.8, 4) is 10.8 Å². The molecule has 0 saturated carbocycles. The second kappa shape index (κ2) is 6.43. The van der Waals surface area contributed by atoms with Gasteiger partial charge < -0.3 is 9.15 Å². The summed E-state index contributed by atoms with van der Waals surface area (Å²) >= 11 is 2.58. The highest BCUT2D eigenvalue weighted by molar-refractivity contribution is 7.15. The number of ketones is 1. The Hall–Kier alpha value is -2.32. The summed E-state index contributed by atoms with van der Waals surface area (Å²) in [7, 11) is 0. The quantitative estimate of drug-likeness (QED) is 0.512. The number of hydrogen-bond donors (Lipinski definition) is 0. The molecule has 1 unspecified atom stereocenters. The van der Waals surface area contributed by atoms with Crippen molar-refractivity contribution in [3.05, 3.63) is 45.3 Å². The third kappa shape index (κ3) is 3.38. The average Bonchev–Trinajstić information content (AvgIpc) is 3.26. The fourth-order valence-corrected chi connectivity index (χ4v) is 3.23. The Kier molecular flexibility index (Phi) is 4.35. The molecular weight excluding hydrogens is 336 g/mol. The van der Waals surface area contributed by atoms with Gasteiger partial charge in [0.15, 0.2) is 11.9 Å². The first-order valence-electron chi connectivity index (χ1n) is 6.73. The van der Waals surface area contributed by atoms with Crippen LogP contribution in [0.3, 0.4) is 0 Å². The topological polar surface area (TPSA) is 82.3 Å². The number of hydrogen-bond acceptors (Lipinski definition) is 8. The number of ether oxygens (including phenoxy) is 1. The van der Waals surface area contributed by atoms with Crippen LogP contribution in [0.1, 0.15) is 45.2 Å². The molecule has 118 valence electrons. The van der Waals surface area contributed by atoms with E-state index in [1.54, 1.807) is 19.1 Å². The van der Waals surface area contributed by atoms with Crippen LogP contribution in [0.25, 0.3) is 10.8 Å². The summed E-state index contributed by atoms with van der Waals surface area (Å²) in [5.41, 5.74) is 0. The summed E-state index contributed by atoms with van der Waals surface area (Å²) in [6, 6.07) is 6.93. The van der Waals surface area contributed by atoms with Gasteiger partial charge in [-0.15, -0.1) is 32.9 Å². The van der Waals surface area contributed by atoms with Gasteiger partial charge in [0, 0.05) is 0 Å². The zero-order valence-electron chi connectivity index (χ0n) is 12.3. The van der Waals surface area contributed by atoms with Gasteiger partial charge in [-0.05, 0) is 37.4 Å². The Morgan fingerprint density at radius 3 is 2.65 bits per heavy atom. The van der Waals surface area contributed by atoms with Gasteiger partial charge in [0.05, 0.1) is 9.75 Å². The van der Waals surface area contributed by atoms with Crippen LogP contribution in [0, 0.1) is 0 Å². The molecule has 0 fully saturated rings. The van der Waals surface area contributed by atoms with E-state index < -0.39 is 12.1 Å². The third-order valence-corrected chi connectivity index (χ3v) is 4.98. The number of carbonyl (C=O) groups excluding carboxylic acids is 2. The number of carbonyl (C=O) groups is 2. The summed E-state index contributed by atoms with van der Waals surface area (Å²) in [4.78, 5) is 25.1. The van der Waals surface area contributed by atoms with Crippen molar-refractivity contribution in [1.82, 2.24) is 10.2 Å². The van der Waals surface area contributed by atoms with Gasteiger partial charge in [-0.2, -0.15) is 0 Å². The molecule has 23 heavy (non-hydrogen) atoms. The second-order valence-electron chi connectivity index (χ2n) is 4.69. The molecule has 0 N–H and O–H groups in total. The number of Topliss-reactive ketones (excluding diaryl/α,β-unsaturated/α-hetero) is 1. The Balaban J connectivity index is 1.69. The summed E-state index contributed by atoms with van der Waals surface area (Å²) in [6.07, 6.45) is -0.674. The van der Waals surface area contributed by atoms with Crippen molar-refractivity contribution in [1.29, 1.82) is 0 Å². The zero-order chi connectivity index (χ0) is 16.4. The number of thiophene rings is 2. The van der Waals surface area contributed by atoms with Crippen LogP contribution >= 0.6 is 22.7 Å². The molecule has 0 aromatic carbocycles. The predicted octanol–water partition coefficient (Wildman–Crippen LogP) is 3.98. The second-order valence-corrected chi connectivity index (χ2v) is 6.72. The van der Waals surface area contributed by atoms with E-state index in [-0.39, 0.29) is 11.7 Å². The number of rotatable bonds is 5. The molecular formula is C15H12N2O4S2. The van der Waals surface area contributed by atoms with Gasteiger partial charge in [-0.25, -0.2) is 4.79 Å². The minimum absolute atomic E-state index is 0.0837. The highest BCUT2D eigenvalue weighted by Crippen LogP contribution is 2.27. The number of esters is 1. The predicted molar refractivity (Wildman–Crippen MR) is 85.8 cm³/mol. The molecule has 0 amide bonds. The maximum absolute atomic E-state index is 12.1. The van der Waals surface area contributed by atoms with Crippen molar-refractivity contribution < 1.29 is 18.7 Å². The standard InChI is InChI=1S/C15H12N2O4S2/c1-8(18)10-5-6-12(23-10)15(19)20-9(2)13-16-17-14(21-13)11-4-3-7-22-11/h3-7,9H,1-2H3. The molecule has 0 spiro atoms. The van der Waals surface area contributed by atoms with Crippen LogP contribution in [0.4, 0.5) is 0 Å². The normalized spacial score (nSPS) is 12.1. The lowest BCUT2D eigenvalue weighted by Crippen LogP contribution is -2.08. The van der Waals surface area contributed by atoms with E-state index in [0.717, 1.165) is 16.2 Å². The Bertz CT molecular complexity index is 835. The first kappa shape index (κ1) is 15.6. The van der Waals surface area contributed by atoms with Crippen molar-refractivity contribution >= 4 is 34.4 Å². The lowest BCUT2D eigenvalue weighted by atomic mass is 10.3.